The molecule has 8 heteroatoms. The van der Waals surface area contributed by atoms with Crippen LogP contribution in [0.3, 0.4) is 0 Å². The number of hydrogen-bond acceptors (Lipinski definition) is 5. The Balaban J connectivity index is 1.29. The second kappa shape index (κ2) is 9.83. The Morgan fingerprint density at radius 1 is 1.03 bits per heavy atom. The Labute approximate surface area is 191 Å². The summed E-state index contributed by atoms with van der Waals surface area (Å²) in [5.74, 6) is 0.112. The SMILES string of the molecule is CC(C)(C)OC(=O)N1CCC(n2cccc2C(=O)N2CCN(CC3CCCO3)CC2)CC1. The van der Waals surface area contributed by atoms with E-state index < -0.39 is 5.60 Å². The van der Waals surface area contributed by atoms with Gasteiger partial charge in [-0.05, 0) is 58.6 Å². The van der Waals surface area contributed by atoms with Crippen molar-refractivity contribution >= 4 is 12.0 Å². The van der Waals surface area contributed by atoms with Crippen LogP contribution in [0.5, 0.6) is 0 Å². The van der Waals surface area contributed by atoms with Crippen LogP contribution in [-0.2, 0) is 9.47 Å². The van der Waals surface area contributed by atoms with Gasteiger partial charge in [-0.15, -0.1) is 0 Å². The number of likely N-dealkylation sites (tertiary alicyclic amines) is 1. The maximum Gasteiger partial charge on any atom is 0.410 e. The summed E-state index contributed by atoms with van der Waals surface area (Å²) in [6, 6.07) is 4.12. The molecule has 0 aromatic carbocycles. The number of rotatable bonds is 4. The predicted molar refractivity (Wildman–Crippen MR) is 122 cm³/mol. The lowest BCUT2D eigenvalue weighted by atomic mass is 10.0. The normalized spacial score (nSPS) is 23.5. The van der Waals surface area contributed by atoms with Crippen molar-refractivity contribution in [3.8, 4) is 0 Å². The summed E-state index contributed by atoms with van der Waals surface area (Å²) in [5.41, 5.74) is 0.274. The zero-order valence-electron chi connectivity index (χ0n) is 19.8. The molecular formula is C24H38N4O4. The summed E-state index contributed by atoms with van der Waals surface area (Å²) in [5, 5.41) is 0. The van der Waals surface area contributed by atoms with Crippen LogP contribution in [0, 0.1) is 0 Å². The number of piperidine rings is 1. The van der Waals surface area contributed by atoms with Gasteiger partial charge in [0.1, 0.15) is 11.3 Å². The minimum absolute atomic E-state index is 0.112. The molecule has 8 nitrogen and oxygen atoms in total. The summed E-state index contributed by atoms with van der Waals surface area (Å²) < 4.78 is 13.4. The van der Waals surface area contributed by atoms with Gasteiger partial charge in [0.2, 0.25) is 0 Å². The van der Waals surface area contributed by atoms with E-state index in [9.17, 15) is 9.59 Å². The Morgan fingerprint density at radius 2 is 1.75 bits per heavy atom. The van der Waals surface area contributed by atoms with Crippen molar-refractivity contribution in [3.63, 3.8) is 0 Å². The Hall–Kier alpha value is -2.06. The van der Waals surface area contributed by atoms with Crippen molar-refractivity contribution in [3.05, 3.63) is 24.0 Å². The number of aromatic nitrogens is 1. The molecule has 32 heavy (non-hydrogen) atoms. The van der Waals surface area contributed by atoms with Crippen LogP contribution in [0.25, 0.3) is 0 Å². The number of amides is 2. The Bertz CT molecular complexity index is 780. The van der Waals surface area contributed by atoms with E-state index >= 15 is 0 Å². The molecule has 0 saturated carbocycles. The lowest BCUT2D eigenvalue weighted by Gasteiger charge is -2.37. The zero-order valence-corrected chi connectivity index (χ0v) is 19.8. The van der Waals surface area contributed by atoms with Crippen LogP contribution in [0.4, 0.5) is 4.79 Å². The first-order chi connectivity index (χ1) is 15.3. The molecule has 178 valence electrons. The molecule has 1 unspecified atom stereocenters. The molecule has 0 radical (unpaired) electrons. The van der Waals surface area contributed by atoms with Gasteiger partial charge in [0.15, 0.2) is 0 Å². The molecule has 3 fully saturated rings. The first kappa shape index (κ1) is 23.1. The standard InChI is InChI=1S/C24H38N4O4/c1-24(2,3)32-23(30)27-11-8-19(9-12-27)28-10-4-7-21(28)22(29)26-15-13-25(14-16-26)18-20-6-5-17-31-20/h4,7,10,19-20H,5-6,8-9,11-18H2,1-3H3. The summed E-state index contributed by atoms with van der Waals surface area (Å²) in [6.45, 7) is 12.1. The molecule has 3 aliphatic rings. The smallest absolute Gasteiger partial charge is 0.410 e. The molecule has 1 aromatic heterocycles. The monoisotopic (exact) mass is 446 g/mol. The number of carbonyl (C=O) groups excluding carboxylic acids is 2. The molecule has 4 heterocycles. The third kappa shape index (κ3) is 5.64. The molecule has 4 rings (SSSR count). The highest BCUT2D eigenvalue weighted by Crippen LogP contribution is 2.26. The van der Waals surface area contributed by atoms with Crippen molar-refractivity contribution in [1.82, 2.24) is 19.3 Å². The van der Waals surface area contributed by atoms with E-state index in [4.69, 9.17) is 9.47 Å². The minimum Gasteiger partial charge on any atom is -0.444 e. The van der Waals surface area contributed by atoms with Crippen LogP contribution in [0.15, 0.2) is 18.3 Å². The second-order valence-electron chi connectivity index (χ2n) is 10.2. The third-order valence-electron chi connectivity index (χ3n) is 6.65. The van der Waals surface area contributed by atoms with Gasteiger partial charge in [-0.25, -0.2) is 4.79 Å². The fourth-order valence-electron chi connectivity index (χ4n) is 4.92. The number of piperazine rings is 1. The number of ether oxygens (including phenoxy) is 2. The van der Waals surface area contributed by atoms with E-state index in [0.717, 1.165) is 70.7 Å². The molecule has 0 spiro atoms. The molecule has 0 N–H and O–H groups in total. The van der Waals surface area contributed by atoms with Crippen LogP contribution < -0.4 is 0 Å². The Morgan fingerprint density at radius 3 is 2.38 bits per heavy atom. The summed E-state index contributed by atoms with van der Waals surface area (Å²) in [6.07, 6.45) is 6.08. The van der Waals surface area contributed by atoms with Crippen molar-refractivity contribution in [1.29, 1.82) is 0 Å². The zero-order chi connectivity index (χ0) is 22.7. The van der Waals surface area contributed by atoms with E-state index in [1.54, 1.807) is 4.90 Å². The van der Waals surface area contributed by atoms with Gasteiger partial charge in [0.05, 0.1) is 6.10 Å². The Kier molecular flexibility index (Phi) is 7.10. The van der Waals surface area contributed by atoms with Gasteiger partial charge in [0, 0.05) is 64.7 Å². The van der Waals surface area contributed by atoms with Gasteiger partial charge in [-0.3, -0.25) is 9.69 Å². The summed E-state index contributed by atoms with van der Waals surface area (Å²) >= 11 is 0. The molecule has 2 amide bonds. The molecule has 1 aromatic rings. The average molecular weight is 447 g/mol. The topological polar surface area (TPSA) is 67.2 Å². The molecule has 0 aliphatic carbocycles. The van der Waals surface area contributed by atoms with Gasteiger partial charge in [-0.2, -0.15) is 0 Å². The maximum absolute atomic E-state index is 13.3. The average Bonchev–Trinajstić information content (AvgIpc) is 3.45. The van der Waals surface area contributed by atoms with Gasteiger partial charge >= 0.3 is 6.09 Å². The lowest BCUT2D eigenvalue weighted by Crippen LogP contribution is -2.50. The van der Waals surface area contributed by atoms with Crippen LogP contribution in [0.1, 0.15) is 63.0 Å². The highest BCUT2D eigenvalue weighted by atomic mass is 16.6. The van der Waals surface area contributed by atoms with Crippen LogP contribution in [0.2, 0.25) is 0 Å². The quantitative estimate of drug-likeness (QED) is 0.711. The fourth-order valence-corrected chi connectivity index (χ4v) is 4.92. The van der Waals surface area contributed by atoms with Crippen molar-refractivity contribution in [2.24, 2.45) is 0 Å². The van der Waals surface area contributed by atoms with Gasteiger partial charge < -0.3 is 23.8 Å². The van der Waals surface area contributed by atoms with E-state index in [1.807, 2.05) is 44.0 Å². The predicted octanol–water partition coefficient (Wildman–Crippen LogP) is 3.00. The molecular weight excluding hydrogens is 408 g/mol. The third-order valence-corrected chi connectivity index (χ3v) is 6.65. The van der Waals surface area contributed by atoms with Crippen LogP contribution >= 0.6 is 0 Å². The molecule has 1 atom stereocenters. The summed E-state index contributed by atoms with van der Waals surface area (Å²) in [7, 11) is 0. The highest BCUT2D eigenvalue weighted by Gasteiger charge is 2.31. The van der Waals surface area contributed by atoms with Gasteiger partial charge in [0.25, 0.3) is 5.91 Å². The number of nitrogens with zero attached hydrogens (tertiary/aromatic N) is 4. The van der Waals surface area contributed by atoms with Crippen molar-refractivity contribution < 1.29 is 19.1 Å². The maximum atomic E-state index is 13.3. The largest absolute Gasteiger partial charge is 0.444 e. The van der Waals surface area contributed by atoms with E-state index in [2.05, 4.69) is 9.47 Å². The fraction of sp³-hybridized carbons (Fsp3) is 0.750. The van der Waals surface area contributed by atoms with E-state index in [-0.39, 0.29) is 18.0 Å². The first-order valence-electron chi connectivity index (χ1n) is 12.1. The van der Waals surface area contributed by atoms with Crippen LogP contribution in [-0.4, -0.2) is 95.4 Å². The number of hydrogen-bond donors (Lipinski definition) is 0. The molecule has 3 saturated heterocycles. The van der Waals surface area contributed by atoms with Gasteiger partial charge in [-0.1, -0.05) is 0 Å². The van der Waals surface area contributed by atoms with E-state index in [0.29, 0.717) is 19.2 Å². The summed E-state index contributed by atoms with van der Waals surface area (Å²) in [4.78, 5) is 31.8. The lowest BCUT2D eigenvalue weighted by molar-refractivity contribution is 0.0185. The minimum atomic E-state index is -0.484. The molecule has 3 aliphatic heterocycles. The first-order valence-corrected chi connectivity index (χ1v) is 12.1. The second-order valence-corrected chi connectivity index (χ2v) is 10.2. The van der Waals surface area contributed by atoms with Crippen molar-refractivity contribution in [2.75, 3.05) is 52.4 Å². The highest BCUT2D eigenvalue weighted by molar-refractivity contribution is 5.93. The molecule has 0 bridgehead atoms. The number of carbonyl (C=O) groups is 2. The van der Waals surface area contributed by atoms with Crippen molar-refractivity contribution in [2.45, 2.75) is 64.2 Å². The van der Waals surface area contributed by atoms with E-state index in [1.165, 1.54) is 0 Å².